The Morgan fingerprint density at radius 3 is 1.38 bits per heavy atom. The highest BCUT2D eigenvalue weighted by Gasteiger charge is 2.23. The topological polar surface area (TPSA) is 71.2 Å². The Bertz CT molecular complexity index is 370. The van der Waals surface area contributed by atoms with Crippen LogP contribution in [0.1, 0.15) is 12.8 Å². The van der Waals surface area contributed by atoms with E-state index in [0.29, 0.717) is 39.3 Å². The summed E-state index contributed by atoms with van der Waals surface area (Å²) in [7, 11) is 8.19. The number of amides is 2. The first-order valence-electron chi connectivity index (χ1n) is 9.66. The Morgan fingerprint density at radius 2 is 1.08 bits per heavy atom. The lowest BCUT2D eigenvalue weighted by atomic mass is 10.3. The van der Waals surface area contributed by atoms with Gasteiger partial charge in [-0.1, -0.05) is 0 Å². The molecule has 1 rings (SSSR count). The molecule has 152 valence electrons. The summed E-state index contributed by atoms with van der Waals surface area (Å²) in [6.07, 6.45) is 2.06. The summed E-state index contributed by atoms with van der Waals surface area (Å²) in [5.74, 6) is 0.257. The van der Waals surface area contributed by atoms with E-state index >= 15 is 0 Å². The van der Waals surface area contributed by atoms with E-state index in [9.17, 15) is 9.59 Å². The van der Waals surface area contributed by atoms with Gasteiger partial charge in [0.1, 0.15) is 0 Å². The van der Waals surface area contributed by atoms with Crippen molar-refractivity contribution in [3.8, 4) is 0 Å². The van der Waals surface area contributed by atoms with Gasteiger partial charge in [-0.2, -0.15) is 0 Å². The van der Waals surface area contributed by atoms with Gasteiger partial charge in [0.25, 0.3) is 0 Å². The van der Waals surface area contributed by atoms with Gasteiger partial charge in [-0.25, -0.2) is 0 Å². The van der Waals surface area contributed by atoms with E-state index < -0.39 is 0 Å². The van der Waals surface area contributed by atoms with Crippen molar-refractivity contribution in [2.75, 3.05) is 93.6 Å². The Kier molecular flexibility index (Phi) is 11.4. The van der Waals surface area contributed by atoms with E-state index in [2.05, 4.69) is 20.4 Å². The van der Waals surface area contributed by atoms with Crippen LogP contribution >= 0.6 is 0 Å². The molecule has 1 aliphatic heterocycles. The molecule has 0 aromatic carbocycles. The van der Waals surface area contributed by atoms with E-state index in [4.69, 9.17) is 0 Å². The van der Waals surface area contributed by atoms with Gasteiger partial charge in [0.15, 0.2) is 0 Å². The molecule has 0 aromatic heterocycles. The maximum absolute atomic E-state index is 12.2. The van der Waals surface area contributed by atoms with Gasteiger partial charge in [0, 0.05) is 26.2 Å². The Morgan fingerprint density at radius 1 is 0.731 bits per heavy atom. The number of nitrogens with zero attached hydrogens (tertiary/aromatic N) is 4. The Hall–Kier alpha value is -1.22. The van der Waals surface area contributed by atoms with Crippen LogP contribution in [0.2, 0.25) is 0 Å². The largest absolute Gasteiger partial charge is 0.338 e. The number of piperazine rings is 1. The zero-order chi connectivity index (χ0) is 19.4. The molecule has 2 N–H and O–H groups in total. The highest BCUT2D eigenvalue weighted by Crippen LogP contribution is 2.02. The van der Waals surface area contributed by atoms with Crippen LogP contribution in [0.4, 0.5) is 0 Å². The molecular formula is C18H38N6O2. The van der Waals surface area contributed by atoms with E-state index in [1.807, 2.05) is 38.0 Å². The van der Waals surface area contributed by atoms with Crippen LogP contribution in [0, 0.1) is 0 Å². The number of carbonyl (C=O) groups excluding carboxylic acids is 2. The monoisotopic (exact) mass is 370 g/mol. The second-order valence-electron chi connectivity index (χ2n) is 7.43. The molecule has 0 saturated carbocycles. The lowest BCUT2D eigenvalue weighted by Gasteiger charge is -2.35. The molecule has 26 heavy (non-hydrogen) atoms. The molecule has 1 aliphatic rings. The molecular weight excluding hydrogens is 332 g/mol. The van der Waals surface area contributed by atoms with Crippen LogP contribution in [0.3, 0.4) is 0 Å². The molecule has 8 nitrogen and oxygen atoms in total. The third-order valence-electron chi connectivity index (χ3n) is 4.46. The van der Waals surface area contributed by atoms with Crippen molar-refractivity contribution in [1.82, 2.24) is 30.2 Å². The van der Waals surface area contributed by atoms with Crippen LogP contribution in [0.15, 0.2) is 0 Å². The molecule has 0 aliphatic carbocycles. The molecule has 0 radical (unpaired) electrons. The average Bonchev–Trinajstić information content (AvgIpc) is 2.60. The number of hydrogen-bond acceptors (Lipinski definition) is 6. The third kappa shape index (κ3) is 10.1. The summed E-state index contributed by atoms with van der Waals surface area (Å²) < 4.78 is 0. The van der Waals surface area contributed by atoms with Crippen molar-refractivity contribution in [3.63, 3.8) is 0 Å². The average molecular weight is 371 g/mol. The molecule has 0 unspecified atom stereocenters. The molecule has 1 fully saturated rings. The van der Waals surface area contributed by atoms with Gasteiger partial charge in [0.2, 0.25) is 11.8 Å². The Labute approximate surface area is 158 Å². The minimum atomic E-state index is 0.128. The molecule has 8 heteroatoms. The SMILES string of the molecule is CN(C)CCCNCC(=O)N1CCN(C(=O)CNCCCN(C)C)CC1. The zero-order valence-corrected chi connectivity index (χ0v) is 17.1. The van der Waals surface area contributed by atoms with E-state index in [-0.39, 0.29) is 11.8 Å². The van der Waals surface area contributed by atoms with Gasteiger partial charge in [-0.3, -0.25) is 9.59 Å². The van der Waals surface area contributed by atoms with Crippen LogP contribution < -0.4 is 10.6 Å². The normalized spacial score (nSPS) is 15.2. The van der Waals surface area contributed by atoms with Crippen molar-refractivity contribution < 1.29 is 9.59 Å². The molecule has 1 saturated heterocycles. The summed E-state index contributed by atoms with van der Waals surface area (Å²) in [6.45, 7) is 7.02. The third-order valence-corrected chi connectivity index (χ3v) is 4.46. The van der Waals surface area contributed by atoms with Gasteiger partial charge >= 0.3 is 0 Å². The van der Waals surface area contributed by atoms with E-state index in [0.717, 1.165) is 39.0 Å². The molecule has 0 atom stereocenters. The predicted molar refractivity (Wildman–Crippen MR) is 105 cm³/mol. The van der Waals surface area contributed by atoms with Gasteiger partial charge in [-0.05, 0) is 67.2 Å². The second-order valence-corrected chi connectivity index (χ2v) is 7.43. The summed E-state index contributed by atoms with van der Waals surface area (Å²) in [5, 5.41) is 6.42. The fourth-order valence-corrected chi connectivity index (χ4v) is 2.86. The molecule has 2 amide bonds. The van der Waals surface area contributed by atoms with Crippen LogP contribution in [0.25, 0.3) is 0 Å². The molecule has 0 bridgehead atoms. The lowest BCUT2D eigenvalue weighted by molar-refractivity contribution is -0.138. The smallest absolute Gasteiger partial charge is 0.236 e. The van der Waals surface area contributed by atoms with Crippen LogP contribution in [-0.4, -0.2) is 125 Å². The summed E-state index contributed by atoms with van der Waals surface area (Å²) >= 11 is 0. The van der Waals surface area contributed by atoms with Crippen molar-refractivity contribution in [3.05, 3.63) is 0 Å². The van der Waals surface area contributed by atoms with Gasteiger partial charge in [-0.15, -0.1) is 0 Å². The first-order valence-corrected chi connectivity index (χ1v) is 9.66. The van der Waals surface area contributed by atoms with Crippen LogP contribution in [0.5, 0.6) is 0 Å². The van der Waals surface area contributed by atoms with E-state index in [1.165, 1.54) is 0 Å². The number of nitrogens with one attached hydrogen (secondary N) is 2. The number of rotatable bonds is 12. The minimum Gasteiger partial charge on any atom is -0.338 e. The zero-order valence-electron chi connectivity index (χ0n) is 17.1. The van der Waals surface area contributed by atoms with Crippen LogP contribution in [-0.2, 0) is 9.59 Å². The first kappa shape index (κ1) is 22.8. The number of carbonyl (C=O) groups is 2. The highest BCUT2D eigenvalue weighted by molar-refractivity contribution is 5.80. The summed E-state index contributed by atoms with van der Waals surface area (Å²) in [6, 6.07) is 0. The maximum Gasteiger partial charge on any atom is 0.236 e. The van der Waals surface area contributed by atoms with Crippen molar-refractivity contribution in [1.29, 1.82) is 0 Å². The fourth-order valence-electron chi connectivity index (χ4n) is 2.86. The lowest BCUT2D eigenvalue weighted by Crippen LogP contribution is -2.53. The molecule has 0 spiro atoms. The standard InChI is InChI=1S/C18H38N6O2/c1-21(2)9-5-7-19-15-17(25)23-11-13-24(14-12-23)18(26)16-20-8-6-10-22(3)4/h19-20H,5-16H2,1-4H3. The first-order chi connectivity index (χ1) is 12.4. The van der Waals surface area contributed by atoms with Crippen molar-refractivity contribution >= 4 is 11.8 Å². The minimum absolute atomic E-state index is 0.128. The quantitative estimate of drug-likeness (QED) is 0.418. The number of hydrogen-bond donors (Lipinski definition) is 2. The maximum atomic E-state index is 12.2. The Balaban J connectivity index is 2.11. The van der Waals surface area contributed by atoms with Crippen molar-refractivity contribution in [2.45, 2.75) is 12.8 Å². The second kappa shape index (κ2) is 13.0. The molecule has 1 heterocycles. The fraction of sp³-hybridized carbons (Fsp3) is 0.889. The van der Waals surface area contributed by atoms with Gasteiger partial charge < -0.3 is 30.2 Å². The summed E-state index contributed by atoms with van der Waals surface area (Å²) in [5.41, 5.74) is 0. The molecule has 0 aromatic rings. The van der Waals surface area contributed by atoms with Crippen molar-refractivity contribution in [2.24, 2.45) is 0 Å². The summed E-state index contributed by atoms with van der Waals surface area (Å²) in [4.78, 5) is 32.4. The van der Waals surface area contributed by atoms with Gasteiger partial charge in [0.05, 0.1) is 13.1 Å². The highest BCUT2D eigenvalue weighted by atomic mass is 16.2. The predicted octanol–water partition coefficient (Wildman–Crippen LogP) is -1.26. The van der Waals surface area contributed by atoms with E-state index in [1.54, 1.807) is 0 Å².